The quantitative estimate of drug-likeness (QED) is 0.890. The predicted octanol–water partition coefficient (Wildman–Crippen LogP) is 2.28. The summed E-state index contributed by atoms with van der Waals surface area (Å²) < 4.78 is 41.6. The van der Waals surface area contributed by atoms with E-state index in [9.17, 15) is 12.8 Å². The molecular weight excluding hydrogens is 293 g/mol. The number of hydrogen-bond donors (Lipinski definition) is 1. The molecule has 0 aliphatic heterocycles. The Balaban J connectivity index is 2.15. The van der Waals surface area contributed by atoms with Gasteiger partial charge >= 0.3 is 0 Å². The lowest BCUT2D eigenvalue weighted by atomic mass is 10.0. The average Bonchev–Trinajstić information content (AvgIpc) is 2.45. The summed E-state index contributed by atoms with van der Waals surface area (Å²) in [5, 5.41) is 5.12. The number of nitrogens with two attached hydrogens (primary N) is 1. The van der Waals surface area contributed by atoms with Crippen molar-refractivity contribution in [2.75, 3.05) is 12.4 Å². The number of para-hydroxylation sites is 1. The van der Waals surface area contributed by atoms with Gasteiger partial charge in [-0.25, -0.2) is 17.9 Å². The number of halogens is 1. The molecule has 0 aliphatic rings. The summed E-state index contributed by atoms with van der Waals surface area (Å²) in [6.45, 7) is 0.0291. The molecule has 0 heterocycles. The van der Waals surface area contributed by atoms with Crippen LogP contribution in [0.5, 0.6) is 5.75 Å². The molecule has 2 aromatic rings. The molecule has 6 heteroatoms. The lowest BCUT2D eigenvalue weighted by Gasteiger charge is -2.17. The molecule has 2 N–H and O–H groups in total. The van der Waals surface area contributed by atoms with Gasteiger partial charge in [0.15, 0.2) is 11.6 Å². The van der Waals surface area contributed by atoms with Crippen LogP contribution in [0.4, 0.5) is 4.39 Å². The van der Waals surface area contributed by atoms with Gasteiger partial charge in [0.25, 0.3) is 0 Å². The second-order valence-corrected chi connectivity index (χ2v) is 6.34. The number of ether oxygens (including phenoxy) is 1. The van der Waals surface area contributed by atoms with Crippen LogP contribution < -0.4 is 9.88 Å². The Hall–Kier alpha value is -1.92. The molecule has 2 rings (SSSR count). The van der Waals surface area contributed by atoms with Crippen LogP contribution in [-0.2, 0) is 10.0 Å². The maximum Gasteiger partial charge on any atom is 0.209 e. The molecule has 0 aromatic heterocycles. The number of benzene rings is 2. The van der Waals surface area contributed by atoms with E-state index >= 15 is 0 Å². The Kier molecular flexibility index (Phi) is 4.93. The van der Waals surface area contributed by atoms with Crippen LogP contribution in [0.25, 0.3) is 0 Å². The summed E-state index contributed by atoms with van der Waals surface area (Å²) in [5.74, 6) is -1.11. The van der Waals surface area contributed by atoms with Gasteiger partial charge in [-0.15, -0.1) is 0 Å². The van der Waals surface area contributed by atoms with Gasteiger partial charge in [-0.1, -0.05) is 42.5 Å². The van der Waals surface area contributed by atoms with E-state index in [1.807, 2.05) is 6.07 Å². The summed E-state index contributed by atoms with van der Waals surface area (Å²) in [5.41, 5.74) is 0.780. The van der Waals surface area contributed by atoms with Gasteiger partial charge in [0.05, 0.1) is 12.4 Å². The highest BCUT2D eigenvalue weighted by molar-refractivity contribution is 7.89. The lowest BCUT2D eigenvalue weighted by Crippen LogP contribution is -2.25. The second kappa shape index (κ2) is 6.69. The van der Waals surface area contributed by atoms with Gasteiger partial charge in [-0.05, 0) is 17.7 Å². The van der Waals surface area contributed by atoms with Crippen LogP contribution in [0.1, 0.15) is 11.5 Å². The number of sulfonamides is 1. The highest BCUT2D eigenvalue weighted by Crippen LogP contribution is 2.21. The Morgan fingerprint density at radius 3 is 2.29 bits per heavy atom. The van der Waals surface area contributed by atoms with Gasteiger partial charge in [0.2, 0.25) is 10.0 Å². The summed E-state index contributed by atoms with van der Waals surface area (Å²) in [7, 11) is -3.66. The fourth-order valence-electron chi connectivity index (χ4n) is 2.00. The first-order valence-corrected chi connectivity index (χ1v) is 8.10. The molecule has 21 heavy (non-hydrogen) atoms. The summed E-state index contributed by atoms with van der Waals surface area (Å²) >= 11 is 0. The van der Waals surface area contributed by atoms with Gasteiger partial charge in [-0.3, -0.25) is 0 Å². The first-order valence-electron chi connectivity index (χ1n) is 6.38. The summed E-state index contributed by atoms with van der Waals surface area (Å²) in [6, 6.07) is 15.0. The molecule has 0 spiro atoms. The minimum Gasteiger partial charge on any atom is -0.490 e. The van der Waals surface area contributed by atoms with Crippen LogP contribution in [0, 0.1) is 5.82 Å². The minimum atomic E-state index is -3.66. The van der Waals surface area contributed by atoms with E-state index in [0.717, 1.165) is 5.56 Å². The second-order valence-electron chi connectivity index (χ2n) is 4.68. The molecule has 0 saturated heterocycles. The van der Waals surface area contributed by atoms with Crippen molar-refractivity contribution in [1.29, 1.82) is 0 Å². The van der Waals surface area contributed by atoms with Gasteiger partial charge in [0, 0.05) is 5.92 Å². The molecule has 1 atom stereocenters. The zero-order valence-corrected chi connectivity index (χ0v) is 12.1. The first kappa shape index (κ1) is 15.5. The zero-order chi connectivity index (χ0) is 15.3. The Bertz CT molecular complexity index is 689. The third-order valence-corrected chi connectivity index (χ3v) is 3.85. The predicted molar refractivity (Wildman–Crippen MR) is 79.1 cm³/mol. The fraction of sp³-hybridized carbons (Fsp3) is 0.200. The standard InChI is InChI=1S/C15H16FNO3S/c16-14-8-4-5-9-15(14)20-10-13(11-21(17,18)19)12-6-2-1-3-7-12/h1-9,13H,10-11H2,(H2,17,18,19). The van der Waals surface area contributed by atoms with E-state index in [-0.39, 0.29) is 18.1 Å². The summed E-state index contributed by atoms with van der Waals surface area (Å²) in [6.07, 6.45) is 0. The van der Waals surface area contributed by atoms with Crippen molar-refractivity contribution < 1.29 is 17.5 Å². The topological polar surface area (TPSA) is 69.4 Å². The van der Waals surface area contributed by atoms with Crippen molar-refractivity contribution in [1.82, 2.24) is 0 Å². The van der Waals surface area contributed by atoms with Crippen molar-refractivity contribution in [3.8, 4) is 5.75 Å². The molecule has 0 amide bonds. The Labute approximate surface area is 123 Å². The molecule has 0 aliphatic carbocycles. The first-order chi connectivity index (χ1) is 9.96. The third-order valence-electron chi connectivity index (χ3n) is 2.98. The fourth-order valence-corrected chi connectivity index (χ4v) is 2.85. The molecule has 0 radical (unpaired) electrons. The van der Waals surface area contributed by atoms with Crippen LogP contribution in [0.2, 0.25) is 0 Å². The van der Waals surface area contributed by atoms with Crippen molar-refractivity contribution in [3.63, 3.8) is 0 Å². The number of primary sulfonamides is 1. The molecule has 0 saturated carbocycles. The molecule has 0 bridgehead atoms. The molecule has 2 aromatic carbocycles. The van der Waals surface area contributed by atoms with E-state index < -0.39 is 21.8 Å². The largest absolute Gasteiger partial charge is 0.490 e. The highest BCUT2D eigenvalue weighted by atomic mass is 32.2. The van der Waals surface area contributed by atoms with Crippen molar-refractivity contribution in [2.45, 2.75) is 5.92 Å². The average molecular weight is 309 g/mol. The van der Waals surface area contributed by atoms with E-state index in [1.165, 1.54) is 12.1 Å². The molecule has 1 unspecified atom stereocenters. The number of rotatable bonds is 6. The van der Waals surface area contributed by atoms with Crippen LogP contribution in [0.15, 0.2) is 54.6 Å². The number of hydrogen-bond acceptors (Lipinski definition) is 3. The molecule has 0 fully saturated rings. The van der Waals surface area contributed by atoms with E-state index in [0.29, 0.717) is 0 Å². The van der Waals surface area contributed by atoms with Crippen LogP contribution in [-0.4, -0.2) is 20.8 Å². The summed E-state index contributed by atoms with van der Waals surface area (Å²) in [4.78, 5) is 0. The van der Waals surface area contributed by atoms with E-state index in [4.69, 9.17) is 9.88 Å². The maximum atomic E-state index is 13.5. The zero-order valence-electron chi connectivity index (χ0n) is 11.3. The highest BCUT2D eigenvalue weighted by Gasteiger charge is 2.19. The van der Waals surface area contributed by atoms with Crippen molar-refractivity contribution in [2.24, 2.45) is 5.14 Å². The Morgan fingerprint density at radius 1 is 1.05 bits per heavy atom. The van der Waals surface area contributed by atoms with Gasteiger partial charge in [-0.2, -0.15) is 0 Å². The monoisotopic (exact) mass is 309 g/mol. The molecule has 4 nitrogen and oxygen atoms in total. The van der Waals surface area contributed by atoms with E-state index in [1.54, 1.807) is 36.4 Å². The van der Waals surface area contributed by atoms with Crippen molar-refractivity contribution in [3.05, 3.63) is 66.0 Å². The van der Waals surface area contributed by atoms with Crippen LogP contribution in [0.3, 0.4) is 0 Å². The lowest BCUT2D eigenvalue weighted by molar-refractivity contribution is 0.282. The Morgan fingerprint density at radius 2 is 1.67 bits per heavy atom. The molecular formula is C15H16FNO3S. The third kappa shape index (κ3) is 4.84. The van der Waals surface area contributed by atoms with Gasteiger partial charge < -0.3 is 4.74 Å². The molecule has 112 valence electrons. The normalized spacial score (nSPS) is 12.9. The van der Waals surface area contributed by atoms with Crippen molar-refractivity contribution >= 4 is 10.0 Å². The maximum absolute atomic E-state index is 13.5. The van der Waals surface area contributed by atoms with Crippen LogP contribution >= 0.6 is 0 Å². The van der Waals surface area contributed by atoms with Gasteiger partial charge in [0.1, 0.15) is 0 Å². The van der Waals surface area contributed by atoms with E-state index in [2.05, 4.69) is 0 Å². The SMILES string of the molecule is NS(=O)(=O)CC(COc1ccccc1F)c1ccccc1. The minimum absolute atomic E-state index is 0.0291. The smallest absolute Gasteiger partial charge is 0.209 e.